The van der Waals surface area contributed by atoms with E-state index < -0.39 is 6.36 Å². The largest absolute Gasteiger partial charge is 0.573 e. The van der Waals surface area contributed by atoms with Crippen LogP contribution in [-0.4, -0.2) is 36.3 Å². The number of rotatable bonds is 3. The summed E-state index contributed by atoms with van der Waals surface area (Å²) in [6.45, 7) is 0.879. The predicted molar refractivity (Wildman–Crippen MR) is 93.4 cm³/mol. The second kappa shape index (κ2) is 7.97. The molecule has 1 aliphatic rings. The summed E-state index contributed by atoms with van der Waals surface area (Å²) >= 11 is 0. The van der Waals surface area contributed by atoms with Crippen molar-refractivity contribution in [3.63, 3.8) is 0 Å². The summed E-state index contributed by atoms with van der Waals surface area (Å²) in [6.07, 6.45) is -4.75. The fraction of sp³-hybridized carbons (Fsp3) is 0.278. The molecule has 0 spiro atoms. The number of benzene rings is 2. The number of ether oxygens (including phenoxy) is 1. The van der Waals surface area contributed by atoms with Crippen LogP contribution in [-0.2, 0) is 0 Å². The minimum absolute atomic E-state index is 0. The number of hydrogen-bond acceptors (Lipinski definition) is 3. The third-order valence-electron chi connectivity index (χ3n) is 4.21. The standard InChI is InChI=1S/C18H17F3N2O2.ClH/c19-18(20,21)25-14-8-6-13(7-9-14)17(24)23-10-15(16(22)11-23)12-4-2-1-3-5-12;/h1-9,15-16H,10-11,22H2;1H/t15-,16+;/m0./s1. The Morgan fingerprint density at radius 3 is 2.23 bits per heavy atom. The van der Waals surface area contributed by atoms with Crippen molar-refractivity contribution in [2.45, 2.75) is 18.3 Å². The van der Waals surface area contributed by atoms with Crippen LogP contribution in [0.2, 0.25) is 0 Å². The molecule has 1 saturated heterocycles. The van der Waals surface area contributed by atoms with Gasteiger partial charge in [0.1, 0.15) is 5.75 Å². The van der Waals surface area contributed by atoms with Crippen molar-refractivity contribution in [1.82, 2.24) is 4.90 Å². The summed E-state index contributed by atoms with van der Waals surface area (Å²) in [5.41, 5.74) is 7.54. The van der Waals surface area contributed by atoms with Crippen molar-refractivity contribution in [2.24, 2.45) is 5.73 Å². The Balaban J connectivity index is 0.00000243. The Kier molecular flexibility index (Phi) is 6.15. The summed E-state index contributed by atoms with van der Waals surface area (Å²) in [4.78, 5) is 14.2. The zero-order chi connectivity index (χ0) is 18.0. The molecule has 4 nitrogen and oxygen atoms in total. The van der Waals surface area contributed by atoms with Gasteiger partial charge < -0.3 is 15.4 Å². The van der Waals surface area contributed by atoms with Gasteiger partial charge in [0.05, 0.1) is 0 Å². The summed E-state index contributed by atoms with van der Waals surface area (Å²) in [7, 11) is 0. The summed E-state index contributed by atoms with van der Waals surface area (Å²) in [5.74, 6) is -0.574. The fourth-order valence-electron chi connectivity index (χ4n) is 3.03. The maximum atomic E-state index is 12.6. The molecule has 1 aliphatic heterocycles. The Bertz CT molecular complexity index is 738. The van der Waals surface area contributed by atoms with E-state index in [4.69, 9.17) is 5.73 Å². The normalized spacial score (nSPS) is 19.8. The van der Waals surface area contributed by atoms with Gasteiger partial charge in [-0.25, -0.2) is 0 Å². The molecule has 0 aromatic heterocycles. The van der Waals surface area contributed by atoms with E-state index in [9.17, 15) is 18.0 Å². The molecule has 8 heteroatoms. The average molecular weight is 387 g/mol. The first-order chi connectivity index (χ1) is 11.8. The van der Waals surface area contributed by atoms with E-state index >= 15 is 0 Å². The van der Waals surface area contributed by atoms with E-state index in [1.807, 2.05) is 30.3 Å². The van der Waals surface area contributed by atoms with Gasteiger partial charge in [0, 0.05) is 30.6 Å². The minimum Gasteiger partial charge on any atom is -0.406 e. The Morgan fingerprint density at radius 1 is 1.04 bits per heavy atom. The van der Waals surface area contributed by atoms with E-state index in [1.54, 1.807) is 4.90 Å². The average Bonchev–Trinajstić information content (AvgIpc) is 2.96. The maximum absolute atomic E-state index is 12.6. The van der Waals surface area contributed by atoms with E-state index in [1.165, 1.54) is 12.1 Å². The van der Waals surface area contributed by atoms with Crippen LogP contribution in [0.15, 0.2) is 54.6 Å². The van der Waals surface area contributed by atoms with Gasteiger partial charge in [0.25, 0.3) is 5.91 Å². The smallest absolute Gasteiger partial charge is 0.406 e. The number of amides is 1. The highest BCUT2D eigenvalue weighted by atomic mass is 35.5. The summed E-state index contributed by atoms with van der Waals surface area (Å²) in [6, 6.07) is 14.4. The van der Waals surface area contributed by atoms with Crippen LogP contribution >= 0.6 is 12.4 Å². The first-order valence-electron chi connectivity index (χ1n) is 7.79. The molecule has 2 aromatic carbocycles. The van der Waals surface area contributed by atoms with E-state index in [0.29, 0.717) is 18.7 Å². The number of likely N-dealkylation sites (tertiary alicyclic amines) is 1. The van der Waals surface area contributed by atoms with Gasteiger partial charge in [-0.2, -0.15) is 0 Å². The molecular formula is C18H18ClF3N2O2. The monoisotopic (exact) mass is 386 g/mol. The highest BCUT2D eigenvalue weighted by Gasteiger charge is 2.34. The zero-order valence-corrected chi connectivity index (χ0v) is 14.5. The molecule has 3 rings (SSSR count). The molecule has 1 fully saturated rings. The van der Waals surface area contributed by atoms with Crippen LogP contribution in [0, 0.1) is 0 Å². The number of carbonyl (C=O) groups is 1. The lowest BCUT2D eigenvalue weighted by atomic mass is 9.95. The molecule has 2 atom stereocenters. The first kappa shape index (κ1) is 20.1. The number of nitrogens with zero attached hydrogens (tertiary/aromatic N) is 1. The second-order valence-corrected chi connectivity index (χ2v) is 5.96. The van der Waals surface area contributed by atoms with Crippen molar-refractivity contribution in [2.75, 3.05) is 13.1 Å². The predicted octanol–water partition coefficient (Wildman–Crippen LogP) is 3.57. The van der Waals surface area contributed by atoms with Crippen LogP contribution in [0.25, 0.3) is 0 Å². The Labute approximate surface area is 155 Å². The molecular weight excluding hydrogens is 369 g/mol. The van der Waals surface area contributed by atoms with Crippen molar-refractivity contribution >= 4 is 18.3 Å². The third-order valence-corrected chi connectivity index (χ3v) is 4.21. The van der Waals surface area contributed by atoms with Crippen molar-refractivity contribution in [3.8, 4) is 5.75 Å². The third kappa shape index (κ3) is 4.68. The quantitative estimate of drug-likeness (QED) is 0.877. The van der Waals surface area contributed by atoms with Gasteiger partial charge in [-0.1, -0.05) is 30.3 Å². The van der Waals surface area contributed by atoms with E-state index in [2.05, 4.69) is 4.74 Å². The molecule has 1 heterocycles. The maximum Gasteiger partial charge on any atom is 0.573 e. The lowest BCUT2D eigenvalue weighted by Gasteiger charge is -2.17. The van der Waals surface area contributed by atoms with Crippen molar-refractivity contribution < 1.29 is 22.7 Å². The van der Waals surface area contributed by atoms with Crippen molar-refractivity contribution in [3.05, 3.63) is 65.7 Å². The van der Waals surface area contributed by atoms with Crippen LogP contribution < -0.4 is 10.5 Å². The fourth-order valence-corrected chi connectivity index (χ4v) is 3.03. The number of hydrogen-bond donors (Lipinski definition) is 1. The molecule has 0 bridgehead atoms. The highest BCUT2D eigenvalue weighted by Crippen LogP contribution is 2.28. The van der Waals surface area contributed by atoms with Crippen LogP contribution in [0.5, 0.6) is 5.75 Å². The lowest BCUT2D eigenvalue weighted by molar-refractivity contribution is -0.274. The van der Waals surface area contributed by atoms with Crippen molar-refractivity contribution in [1.29, 1.82) is 0 Å². The molecule has 0 radical (unpaired) electrons. The second-order valence-electron chi connectivity index (χ2n) is 5.96. The topological polar surface area (TPSA) is 55.6 Å². The minimum atomic E-state index is -4.75. The SMILES string of the molecule is Cl.N[C@@H]1CN(C(=O)c2ccc(OC(F)(F)F)cc2)C[C@H]1c1ccccc1. The lowest BCUT2D eigenvalue weighted by Crippen LogP contribution is -2.32. The number of halogens is 4. The molecule has 26 heavy (non-hydrogen) atoms. The molecule has 0 saturated carbocycles. The highest BCUT2D eigenvalue weighted by molar-refractivity contribution is 5.94. The van der Waals surface area contributed by atoms with Gasteiger partial charge in [0.2, 0.25) is 0 Å². The van der Waals surface area contributed by atoms with E-state index in [-0.39, 0.29) is 36.0 Å². The molecule has 140 valence electrons. The molecule has 2 N–H and O–H groups in total. The molecule has 0 aliphatic carbocycles. The summed E-state index contributed by atoms with van der Waals surface area (Å²) in [5, 5.41) is 0. The number of carbonyl (C=O) groups excluding carboxylic acids is 1. The van der Waals surface area contributed by atoms with Gasteiger partial charge in [0.15, 0.2) is 0 Å². The molecule has 1 amide bonds. The van der Waals surface area contributed by atoms with Gasteiger partial charge in [-0.05, 0) is 29.8 Å². The number of nitrogens with two attached hydrogens (primary N) is 1. The first-order valence-corrected chi connectivity index (χ1v) is 7.79. The summed E-state index contributed by atoms with van der Waals surface area (Å²) < 4.78 is 40.4. The number of alkyl halides is 3. The van der Waals surface area contributed by atoms with Gasteiger partial charge in [-0.3, -0.25) is 4.79 Å². The van der Waals surface area contributed by atoms with Gasteiger partial charge >= 0.3 is 6.36 Å². The Morgan fingerprint density at radius 2 is 1.65 bits per heavy atom. The molecule has 0 unspecified atom stereocenters. The Hall–Kier alpha value is -2.25. The zero-order valence-electron chi connectivity index (χ0n) is 13.6. The van der Waals surface area contributed by atoms with Crippen LogP contribution in [0.3, 0.4) is 0 Å². The van der Waals surface area contributed by atoms with Crippen LogP contribution in [0.4, 0.5) is 13.2 Å². The van der Waals surface area contributed by atoms with Crippen LogP contribution in [0.1, 0.15) is 21.8 Å². The van der Waals surface area contributed by atoms with Gasteiger partial charge in [-0.15, -0.1) is 25.6 Å². The molecule has 2 aromatic rings. The van der Waals surface area contributed by atoms with E-state index in [0.717, 1.165) is 17.7 Å².